The minimum absolute atomic E-state index is 0.342. The van der Waals surface area contributed by atoms with E-state index in [1.807, 2.05) is 41.3 Å². The third-order valence-electron chi connectivity index (χ3n) is 6.91. The van der Waals surface area contributed by atoms with E-state index in [0.29, 0.717) is 29.8 Å². The highest BCUT2D eigenvalue weighted by molar-refractivity contribution is 7.86. The second-order valence-corrected chi connectivity index (χ2v) is 11.9. The van der Waals surface area contributed by atoms with Gasteiger partial charge in [-0.25, -0.2) is 14.2 Å². The number of nitrogens with zero attached hydrogens (tertiary/aromatic N) is 3. The summed E-state index contributed by atoms with van der Waals surface area (Å²) in [5.41, 5.74) is 4.26. The highest BCUT2D eigenvalue weighted by Gasteiger charge is 2.20. The molecule has 4 bridgehead atoms. The Morgan fingerprint density at radius 2 is 1.85 bits per heavy atom. The smallest absolute Gasteiger partial charge is 0.308 e. The Kier molecular flexibility index (Phi) is 8.68. The number of carbonyl (C=O) groups is 1. The molecule has 0 radical (unpaired) electrons. The number of hydrogen-bond donors (Lipinski definition) is 2. The summed E-state index contributed by atoms with van der Waals surface area (Å²) in [5.74, 6) is -0.249. The van der Waals surface area contributed by atoms with Gasteiger partial charge in [0.2, 0.25) is 0 Å². The van der Waals surface area contributed by atoms with Crippen molar-refractivity contribution in [2.45, 2.75) is 44.1 Å². The Morgan fingerprint density at radius 3 is 2.67 bits per heavy atom. The van der Waals surface area contributed by atoms with Gasteiger partial charge in [0.15, 0.2) is 16.0 Å². The Labute approximate surface area is 235 Å². The molecule has 202 valence electrons. The second kappa shape index (κ2) is 12.5. The van der Waals surface area contributed by atoms with Crippen molar-refractivity contribution < 1.29 is 14.1 Å². The van der Waals surface area contributed by atoms with Crippen molar-refractivity contribution in [3.63, 3.8) is 0 Å². The number of anilines is 2. The molecule has 0 fully saturated rings. The molecule has 0 saturated carbocycles. The van der Waals surface area contributed by atoms with Gasteiger partial charge in [-0.1, -0.05) is 56.2 Å². The fourth-order valence-corrected chi connectivity index (χ4v) is 6.37. The minimum atomic E-state index is -1.66. The number of carboxylic acid groups (broad SMARTS) is 1. The number of benzene rings is 1. The Bertz CT molecular complexity index is 1460. The predicted octanol–water partition coefficient (Wildman–Crippen LogP) is 6.65. The summed E-state index contributed by atoms with van der Waals surface area (Å²) in [4.78, 5) is 24.4. The minimum Gasteiger partial charge on any atom is -0.481 e. The number of carboxylic acids is 1. The summed E-state index contributed by atoms with van der Waals surface area (Å²) in [6.45, 7) is 2.74. The third-order valence-corrected chi connectivity index (χ3v) is 8.82. The Balaban J connectivity index is 1.54. The zero-order valence-corrected chi connectivity index (χ0v) is 23.5. The van der Waals surface area contributed by atoms with Gasteiger partial charge >= 0.3 is 5.97 Å². The molecule has 2 N–H and O–H groups in total. The van der Waals surface area contributed by atoms with Crippen LogP contribution in [0.5, 0.6) is 0 Å². The van der Waals surface area contributed by atoms with Gasteiger partial charge in [-0.15, -0.1) is 11.3 Å². The fraction of sp³-hybridized carbons (Fsp3) is 0.300. The van der Waals surface area contributed by atoms with E-state index >= 15 is 0 Å². The van der Waals surface area contributed by atoms with Crippen LogP contribution in [0, 0.1) is 5.92 Å². The number of hydrogen-bond acceptors (Lipinski definition) is 6. The van der Waals surface area contributed by atoms with Crippen molar-refractivity contribution in [1.82, 2.24) is 9.97 Å². The molecule has 0 amide bonds. The topological polar surface area (TPSA) is 95.4 Å². The highest BCUT2D eigenvalue weighted by atomic mass is 32.2. The first kappa shape index (κ1) is 27.0. The van der Waals surface area contributed by atoms with Gasteiger partial charge < -0.3 is 10.0 Å². The second-order valence-electron chi connectivity index (χ2n) is 9.78. The van der Waals surface area contributed by atoms with Crippen LogP contribution >= 0.6 is 11.3 Å². The molecule has 1 aromatic carbocycles. The van der Waals surface area contributed by atoms with Crippen LogP contribution in [0.25, 0.3) is 21.7 Å². The standard InChI is InChI=1S/C30H32N4O3S2/c1-21(30(35)36)20-34-18-7-3-2-4-10-22-11-5-6-12-23(22)29-24(25-13-9-19-38-25)16-17-26(31-29)33-39(37)28-15-8-14-27(34)32-28/h5-6,8-9,11-17,19,21H,2-4,7,10,18,20H2,1H3,(H,31,33)(H,35,36). The highest BCUT2D eigenvalue weighted by Crippen LogP contribution is 2.36. The first-order chi connectivity index (χ1) is 19.0. The number of aromatic nitrogens is 2. The number of aryl methyl sites for hydroxylation is 1. The Morgan fingerprint density at radius 1 is 1.00 bits per heavy atom. The molecular formula is C30H32N4O3S2. The largest absolute Gasteiger partial charge is 0.481 e. The predicted molar refractivity (Wildman–Crippen MR) is 158 cm³/mol. The first-order valence-electron chi connectivity index (χ1n) is 13.3. The van der Waals surface area contributed by atoms with Gasteiger partial charge in [0.25, 0.3) is 0 Å². The van der Waals surface area contributed by atoms with Crippen molar-refractivity contribution in [3.05, 3.63) is 77.7 Å². The molecule has 5 rings (SSSR count). The van der Waals surface area contributed by atoms with E-state index in [4.69, 9.17) is 4.98 Å². The Hall–Kier alpha value is -3.56. The van der Waals surface area contributed by atoms with Crippen LogP contribution < -0.4 is 9.62 Å². The van der Waals surface area contributed by atoms with Crippen LogP contribution in [-0.2, 0) is 22.2 Å². The maximum absolute atomic E-state index is 13.4. The lowest BCUT2D eigenvalue weighted by Crippen LogP contribution is -2.33. The van der Waals surface area contributed by atoms with Crippen LogP contribution in [0.15, 0.2) is 77.1 Å². The number of nitrogens with one attached hydrogen (secondary N) is 1. The van der Waals surface area contributed by atoms with Crippen LogP contribution in [0.4, 0.5) is 11.6 Å². The SMILES string of the molecule is CC(CN1CCCCCCc2ccccc2-c2nc(ccc2-c2cccs2)NS(=O)c2cccc1n2)C(=O)O. The van der Waals surface area contributed by atoms with Crippen molar-refractivity contribution in [3.8, 4) is 21.7 Å². The average molecular weight is 561 g/mol. The maximum atomic E-state index is 13.4. The van der Waals surface area contributed by atoms with Gasteiger partial charge in [0, 0.05) is 29.1 Å². The molecule has 0 spiro atoms. The van der Waals surface area contributed by atoms with Crippen molar-refractivity contribution in [2.75, 3.05) is 22.7 Å². The van der Waals surface area contributed by atoms with Gasteiger partial charge in [-0.05, 0) is 60.5 Å². The summed E-state index contributed by atoms with van der Waals surface area (Å²) in [6, 6.07) is 21.8. The van der Waals surface area contributed by atoms with Crippen molar-refractivity contribution in [2.24, 2.45) is 5.92 Å². The molecule has 0 saturated heterocycles. The average Bonchev–Trinajstić information content (AvgIpc) is 3.49. The number of pyridine rings is 2. The summed E-state index contributed by atoms with van der Waals surface area (Å²) in [7, 11) is -1.66. The van der Waals surface area contributed by atoms with Crippen molar-refractivity contribution >= 4 is 39.9 Å². The molecule has 39 heavy (non-hydrogen) atoms. The quantitative estimate of drug-likeness (QED) is 0.290. The summed E-state index contributed by atoms with van der Waals surface area (Å²) < 4.78 is 16.5. The van der Waals surface area contributed by atoms with Crippen LogP contribution in [0.2, 0.25) is 0 Å². The lowest BCUT2D eigenvalue weighted by atomic mass is 9.95. The number of aliphatic carboxylic acids is 1. The van der Waals surface area contributed by atoms with Gasteiger partial charge in [0.1, 0.15) is 11.6 Å². The molecule has 1 aliphatic heterocycles. The molecule has 9 heteroatoms. The zero-order chi connectivity index (χ0) is 27.2. The normalized spacial score (nSPS) is 16.9. The van der Waals surface area contributed by atoms with Gasteiger partial charge in [0.05, 0.1) is 11.6 Å². The fourth-order valence-electron chi connectivity index (χ4n) is 4.83. The van der Waals surface area contributed by atoms with E-state index < -0.39 is 22.9 Å². The summed E-state index contributed by atoms with van der Waals surface area (Å²) in [5, 5.41) is 11.9. The lowest BCUT2D eigenvalue weighted by molar-refractivity contribution is -0.140. The van der Waals surface area contributed by atoms with E-state index in [9.17, 15) is 14.1 Å². The molecule has 1 aliphatic rings. The number of fused-ring (bicyclic) bond motifs is 6. The molecular weight excluding hydrogens is 528 g/mol. The van der Waals surface area contributed by atoms with Crippen LogP contribution in [-0.4, -0.2) is 38.3 Å². The van der Waals surface area contributed by atoms with Gasteiger partial charge in [-0.3, -0.25) is 9.52 Å². The number of rotatable bonds is 4. The van der Waals surface area contributed by atoms with E-state index in [2.05, 4.69) is 39.4 Å². The molecule has 2 unspecified atom stereocenters. The van der Waals surface area contributed by atoms with E-state index in [1.165, 1.54) is 5.56 Å². The van der Waals surface area contributed by atoms with Crippen LogP contribution in [0.3, 0.4) is 0 Å². The van der Waals surface area contributed by atoms with E-state index in [1.54, 1.807) is 24.3 Å². The lowest BCUT2D eigenvalue weighted by Gasteiger charge is -2.26. The number of thiophene rings is 1. The van der Waals surface area contributed by atoms with Crippen molar-refractivity contribution in [1.29, 1.82) is 0 Å². The molecule has 3 aromatic heterocycles. The summed E-state index contributed by atoms with van der Waals surface area (Å²) >= 11 is 1.67. The maximum Gasteiger partial charge on any atom is 0.308 e. The van der Waals surface area contributed by atoms with E-state index in [-0.39, 0.29) is 0 Å². The monoisotopic (exact) mass is 560 g/mol. The van der Waals surface area contributed by atoms with Crippen LogP contribution in [0.1, 0.15) is 38.2 Å². The van der Waals surface area contributed by atoms with Gasteiger partial charge in [-0.2, -0.15) is 0 Å². The van der Waals surface area contributed by atoms with E-state index in [0.717, 1.165) is 53.8 Å². The zero-order valence-electron chi connectivity index (χ0n) is 21.9. The molecule has 4 aromatic rings. The molecule has 7 nitrogen and oxygen atoms in total. The molecule has 4 heterocycles. The third kappa shape index (κ3) is 6.54. The summed E-state index contributed by atoms with van der Waals surface area (Å²) in [6.07, 6.45) is 5.01. The molecule has 2 atom stereocenters. The first-order valence-corrected chi connectivity index (χ1v) is 15.3. The molecule has 0 aliphatic carbocycles.